The fourth-order valence-corrected chi connectivity index (χ4v) is 3.16. The number of likely N-dealkylation sites (N-methyl/N-ethyl adjacent to an activating group) is 1. The molecule has 1 amide bonds. The summed E-state index contributed by atoms with van der Waals surface area (Å²) in [6.07, 6.45) is 1.13. The molecule has 0 aliphatic carbocycles. The van der Waals surface area contributed by atoms with Gasteiger partial charge in [-0.1, -0.05) is 27.7 Å². The summed E-state index contributed by atoms with van der Waals surface area (Å²) in [6, 6.07) is 0.200. The zero-order valence-corrected chi connectivity index (χ0v) is 12.7. The minimum atomic E-state index is 0.0127. The third-order valence-corrected chi connectivity index (χ3v) is 4.59. The molecule has 0 aromatic rings. The van der Waals surface area contributed by atoms with Crippen molar-refractivity contribution in [2.45, 2.75) is 40.2 Å². The smallest absolute Gasteiger partial charge is 0.229 e. The Kier molecular flexibility index (Phi) is 4.51. The van der Waals surface area contributed by atoms with E-state index in [0.29, 0.717) is 24.5 Å². The number of nitrogens with zero attached hydrogens (tertiary/aromatic N) is 1. The molecule has 1 N–H and O–H groups in total. The van der Waals surface area contributed by atoms with Gasteiger partial charge in [0.1, 0.15) is 0 Å². The SMILES string of the molecule is CCNC1COCC1C(=O)N1CCC(C(C)(C)C)C1. The molecule has 19 heavy (non-hydrogen) atoms. The van der Waals surface area contributed by atoms with Crippen molar-refractivity contribution in [3.8, 4) is 0 Å². The van der Waals surface area contributed by atoms with Crippen LogP contribution in [-0.4, -0.2) is 49.7 Å². The summed E-state index contributed by atoms with van der Waals surface area (Å²) in [6.45, 7) is 12.8. The lowest BCUT2D eigenvalue weighted by molar-refractivity contribution is -0.135. The van der Waals surface area contributed by atoms with Crippen molar-refractivity contribution in [3.05, 3.63) is 0 Å². The summed E-state index contributed by atoms with van der Waals surface area (Å²) in [7, 11) is 0. The van der Waals surface area contributed by atoms with E-state index in [2.05, 4.69) is 37.9 Å². The van der Waals surface area contributed by atoms with Gasteiger partial charge in [0.25, 0.3) is 0 Å². The van der Waals surface area contributed by atoms with E-state index in [-0.39, 0.29) is 17.9 Å². The van der Waals surface area contributed by atoms with Crippen LogP contribution < -0.4 is 5.32 Å². The van der Waals surface area contributed by atoms with Gasteiger partial charge in [-0.15, -0.1) is 0 Å². The van der Waals surface area contributed by atoms with Crippen LogP contribution in [0.15, 0.2) is 0 Å². The van der Waals surface area contributed by atoms with Crippen molar-refractivity contribution in [1.82, 2.24) is 10.2 Å². The third-order valence-electron chi connectivity index (χ3n) is 4.59. The zero-order chi connectivity index (χ0) is 14.0. The Hall–Kier alpha value is -0.610. The Morgan fingerprint density at radius 2 is 2.11 bits per heavy atom. The maximum atomic E-state index is 12.6. The number of amides is 1. The van der Waals surface area contributed by atoms with Gasteiger partial charge in [-0.25, -0.2) is 0 Å². The topological polar surface area (TPSA) is 41.6 Å². The van der Waals surface area contributed by atoms with Gasteiger partial charge in [-0.2, -0.15) is 0 Å². The van der Waals surface area contributed by atoms with Crippen molar-refractivity contribution in [3.63, 3.8) is 0 Å². The summed E-state index contributed by atoms with van der Waals surface area (Å²) < 4.78 is 5.49. The molecule has 2 aliphatic rings. The molecule has 3 unspecified atom stereocenters. The van der Waals surface area contributed by atoms with E-state index in [4.69, 9.17) is 4.74 Å². The highest BCUT2D eigenvalue weighted by molar-refractivity contribution is 5.80. The van der Waals surface area contributed by atoms with E-state index in [9.17, 15) is 4.79 Å². The number of carbonyl (C=O) groups excluding carboxylic acids is 1. The molecule has 0 saturated carbocycles. The lowest BCUT2D eigenvalue weighted by Gasteiger charge is -2.28. The Labute approximate surface area is 116 Å². The Balaban J connectivity index is 1.94. The number of hydrogen-bond donors (Lipinski definition) is 1. The number of nitrogens with one attached hydrogen (secondary N) is 1. The van der Waals surface area contributed by atoms with E-state index < -0.39 is 0 Å². The number of rotatable bonds is 3. The zero-order valence-electron chi connectivity index (χ0n) is 12.7. The molecular weight excluding hydrogens is 240 g/mol. The molecule has 2 aliphatic heterocycles. The summed E-state index contributed by atoms with van der Waals surface area (Å²) in [5, 5.41) is 3.37. The normalized spacial score (nSPS) is 32.0. The van der Waals surface area contributed by atoms with Gasteiger partial charge < -0.3 is 15.0 Å². The van der Waals surface area contributed by atoms with Crippen molar-refractivity contribution < 1.29 is 9.53 Å². The first-order valence-corrected chi connectivity index (χ1v) is 7.53. The number of likely N-dealkylation sites (tertiary alicyclic amines) is 1. The van der Waals surface area contributed by atoms with Crippen molar-refractivity contribution in [2.24, 2.45) is 17.3 Å². The van der Waals surface area contributed by atoms with Gasteiger partial charge in [0.05, 0.1) is 19.1 Å². The fraction of sp³-hybridized carbons (Fsp3) is 0.933. The standard InChI is InChI=1S/C15H28N2O2/c1-5-16-13-10-19-9-12(13)14(18)17-7-6-11(8-17)15(2,3)4/h11-13,16H,5-10H2,1-4H3. The largest absolute Gasteiger partial charge is 0.379 e. The van der Waals surface area contributed by atoms with E-state index >= 15 is 0 Å². The molecule has 110 valence electrons. The predicted molar refractivity (Wildman–Crippen MR) is 75.9 cm³/mol. The van der Waals surface area contributed by atoms with Crippen molar-refractivity contribution >= 4 is 5.91 Å². The first kappa shape index (κ1) is 14.8. The van der Waals surface area contributed by atoms with Crippen LogP contribution in [-0.2, 0) is 9.53 Å². The molecule has 0 aromatic heterocycles. The second kappa shape index (κ2) is 5.80. The van der Waals surface area contributed by atoms with Gasteiger partial charge in [-0.3, -0.25) is 4.79 Å². The van der Waals surface area contributed by atoms with Crippen molar-refractivity contribution in [1.29, 1.82) is 0 Å². The summed E-state index contributed by atoms with van der Waals surface area (Å²) in [5.74, 6) is 0.922. The van der Waals surface area contributed by atoms with Gasteiger partial charge in [-0.05, 0) is 24.3 Å². The minimum absolute atomic E-state index is 0.0127. The van der Waals surface area contributed by atoms with Crippen LogP contribution >= 0.6 is 0 Å². The van der Waals surface area contributed by atoms with E-state index in [1.165, 1.54) is 0 Å². The first-order valence-electron chi connectivity index (χ1n) is 7.53. The number of hydrogen-bond acceptors (Lipinski definition) is 3. The first-order chi connectivity index (χ1) is 8.93. The Bertz CT molecular complexity index is 325. The molecule has 3 atom stereocenters. The molecule has 4 heteroatoms. The van der Waals surface area contributed by atoms with Gasteiger partial charge in [0, 0.05) is 19.1 Å². The maximum absolute atomic E-state index is 12.6. The molecule has 0 aromatic carbocycles. The molecule has 0 bridgehead atoms. The van der Waals surface area contributed by atoms with Crippen LogP contribution in [0.1, 0.15) is 34.1 Å². The van der Waals surface area contributed by atoms with Crippen LogP contribution in [0.2, 0.25) is 0 Å². The average molecular weight is 268 g/mol. The van der Waals surface area contributed by atoms with Crippen LogP contribution in [0.3, 0.4) is 0 Å². The molecule has 2 fully saturated rings. The minimum Gasteiger partial charge on any atom is -0.379 e. The highest BCUT2D eigenvalue weighted by atomic mass is 16.5. The molecule has 2 saturated heterocycles. The summed E-state index contributed by atoms with van der Waals surface area (Å²) in [4.78, 5) is 14.7. The van der Waals surface area contributed by atoms with E-state index in [0.717, 1.165) is 26.1 Å². The lowest BCUT2D eigenvalue weighted by Crippen LogP contribution is -2.45. The van der Waals surface area contributed by atoms with Gasteiger partial charge >= 0.3 is 0 Å². The Morgan fingerprint density at radius 1 is 1.37 bits per heavy atom. The monoisotopic (exact) mass is 268 g/mol. The number of ether oxygens (including phenoxy) is 1. The molecule has 2 rings (SSSR count). The van der Waals surface area contributed by atoms with Crippen LogP contribution in [0.25, 0.3) is 0 Å². The summed E-state index contributed by atoms with van der Waals surface area (Å²) in [5.41, 5.74) is 0.294. The number of carbonyl (C=O) groups is 1. The highest BCUT2D eigenvalue weighted by Gasteiger charge is 2.40. The molecule has 0 radical (unpaired) electrons. The highest BCUT2D eigenvalue weighted by Crippen LogP contribution is 2.34. The maximum Gasteiger partial charge on any atom is 0.229 e. The van der Waals surface area contributed by atoms with Crippen LogP contribution in [0.5, 0.6) is 0 Å². The second-order valence-electron chi connectivity index (χ2n) is 6.94. The lowest BCUT2D eigenvalue weighted by atomic mass is 9.80. The second-order valence-corrected chi connectivity index (χ2v) is 6.94. The molecular formula is C15H28N2O2. The summed E-state index contributed by atoms with van der Waals surface area (Å²) >= 11 is 0. The fourth-order valence-electron chi connectivity index (χ4n) is 3.16. The van der Waals surface area contributed by atoms with Crippen LogP contribution in [0.4, 0.5) is 0 Å². The van der Waals surface area contributed by atoms with Crippen LogP contribution in [0, 0.1) is 17.3 Å². The molecule has 4 nitrogen and oxygen atoms in total. The van der Waals surface area contributed by atoms with Gasteiger partial charge in [0.2, 0.25) is 5.91 Å². The van der Waals surface area contributed by atoms with E-state index in [1.54, 1.807) is 0 Å². The average Bonchev–Trinajstić information content (AvgIpc) is 2.96. The molecule has 0 spiro atoms. The Morgan fingerprint density at radius 3 is 2.68 bits per heavy atom. The predicted octanol–water partition coefficient (Wildman–Crippen LogP) is 1.51. The quantitative estimate of drug-likeness (QED) is 0.843. The van der Waals surface area contributed by atoms with E-state index in [1.807, 2.05) is 0 Å². The third kappa shape index (κ3) is 3.29. The van der Waals surface area contributed by atoms with Crippen molar-refractivity contribution in [2.75, 3.05) is 32.8 Å². The van der Waals surface area contributed by atoms with Gasteiger partial charge in [0.15, 0.2) is 0 Å². The molecule has 2 heterocycles.